The molecule has 3 heteroatoms. The summed E-state index contributed by atoms with van der Waals surface area (Å²) in [5.41, 5.74) is 5.90. The van der Waals surface area contributed by atoms with Crippen LogP contribution in [0.4, 0.5) is 5.69 Å². The summed E-state index contributed by atoms with van der Waals surface area (Å²) in [4.78, 5) is 12.4. The summed E-state index contributed by atoms with van der Waals surface area (Å²) in [6.45, 7) is 1.92. The maximum Gasteiger partial charge on any atom is 0.255 e. The van der Waals surface area contributed by atoms with Gasteiger partial charge in [-0.1, -0.05) is 18.2 Å². The number of anilines is 1. The maximum absolute atomic E-state index is 12.4. The summed E-state index contributed by atoms with van der Waals surface area (Å²) >= 11 is 0. The average Bonchev–Trinajstić information content (AvgIpc) is 2.96. The van der Waals surface area contributed by atoms with Gasteiger partial charge in [-0.15, -0.1) is 0 Å². The number of aryl methyl sites for hydroxylation is 3. The number of aliphatic hydroxyl groups excluding tert-OH is 1. The molecule has 3 rings (SSSR count). The van der Waals surface area contributed by atoms with Crippen LogP contribution in [0.2, 0.25) is 0 Å². The predicted molar refractivity (Wildman–Crippen MR) is 83.5 cm³/mol. The van der Waals surface area contributed by atoms with Crippen LogP contribution >= 0.6 is 0 Å². The summed E-state index contributed by atoms with van der Waals surface area (Å²) in [6, 6.07) is 11.5. The minimum absolute atomic E-state index is 0.0258. The van der Waals surface area contributed by atoms with E-state index in [1.54, 1.807) is 0 Å². The second-order valence-electron chi connectivity index (χ2n) is 5.60. The Morgan fingerprint density at radius 3 is 2.76 bits per heavy atom. The number of amides is 1. The van der Waals surface area contributed by atoms with Crippen LogP contribution < -0.4 is 5.32 Å². The molecule has 0 radical (unpaired) electrons. The molecule has 108 valence electrons. The fourth-order valence-electron chi connectivity index (χ4n) is 2.81. The van der Waals surface area contributed by atoms with Crippen LogP contribution in [0.3, 0.4) is 0 Å². The molecule has 0 atom stereocenters. The van der Waals surface area contributed by atoms with Gasteiger partial charge in [0, 0.05) is 11.3 Å². The molecule has 3 nitrogen and oxygen atoms in total. The van der Waals surface area contributed by atoms with E-state index >= 15 is 0 Å². The highest BCUT2D eigenvalue weighted by Gasteiger charge is 2.14. The maximum atomic E-state index is 12.4. The third-order valence-electron chi connectivity index (χ3n) is 4.09. The molecule has 0 saturated carbocycles. The van der Waals surface area contributed by atoms with Gasteiger partial charge < -0.3 is 10.4 Å². The van der Waals surface area contributed by atoms with Gasteiger partial charge in [-0.05, 0) is 66.6 Å². The van der Waals surface area contributed by atoms with Gasteiger partial charge in [-0.3, -0.25) is 4.79 Å². The van der Waals surface area contributed by atoms with E-state index in [-0.39, 0.29) is 12.5 Å². The minimum atomic E-state index is -0.0945. The third-order valence-corrected chi connectivity index (χ3v) is 4.09. The van der Waals surface area contributed by atoms with Crippen LogP contribution in [-0.4, -0.2) is 11.0 Å². The highest BCUT2D eigenvalue weighted by molar-refractivity contribution is 6.04. The molecule has 0 spiro atoms. The highest BCUT2D eigenvalue weighted by Crippen LogP contribution is 2.24. The van der Waals surface area contributed by atoms with Crippen molar-refractivity contribution in [2.75, 3.05) is 5.32 Å². The second kappa shape index (κ2) is 5.70. The monoisotopic (exact) mass is 281 g/mol. The molecular formula is C18H19NO2. The Morgan fingerprint density at radius 1 is 1.14 bits per heavy atom. The molecule has 2 aromatic carbocycles. The van der Waals surface area contributed by atoms with Crippen LogP contribution in [0.5, 0.6) is 0 Å². The van der Waals surface area contributed by atoms with E-state index in [0.29, 0.717) is 5.56 Å². The zero-order valence-electron chi connectivity index (χ0n) is 12.1. The molecule has 0 bridgehead atoms. The van der Waals surface area contributed by atoms with Crippen molar-refractivity contribution in [1.82, 2.24) is 0 Å². The summed E-state index contributed by atoms with van der Waals surface area (Å²) < 4.78 is 0. The first-order chi connectivity index (χ1) is 10.2. The fraction of sp³-hybridized carbons (Fsp3) is 0.278. The number of hydrogen-bond donors (Lipinski definition) is 2. The predicted octanol–water partition coefficient (Wildman–Crippen LogP) is 3.23. The Labute approximate surface area is 124 Å². The van der Waals surface area contributed by atoms with Crippen LogP contribution in [0, 0.1) is 6.92 Å². The number of nitrogens with one attached hydrogen (secondary N) is 1. The van der Waals surface area contributed by atoms with E-state index in [9.17, 15) is 9.90 Å². The van der Waals surface area contributed by atoms with E-state index in [1.807, 2.05) is 37.3 Å². The van der Waals surface area contributed by atoms with Gasteiger partial charge in [-0.2, -0.15) is 0 Å². The molecule has 0 fully saturated rings. The number of benzene rings is 2. The van der Waals surface area contributed by atoms with Crippen molar-refractivity contribution < 1.29 is 9.90 Å². The van der Waals surface area contributed by atoms with Gasteiger partial charge in [0.2, 0.25) is 0 Å². The molecular weight excluding hydrogens is 262 g/mol. The van der Waals surface area contributed by atoms with E-state index in [1.165, 1.54) is 17.5 Å². The van der Waals surface area contributed by atoms with Crippen molar-refractivity contribution in [2.24, 2.45) is 0 Å². The number of carbonyl (C=O) groups is 1. The zero-order chi connectivity index (χ0) is 14.8. The molecule has 1 aliphatic carbocycles. The van der Waals surface area contributed by atoms with Crippen molar-refractivity contribution in [3.8, 4) is 0 Å². The lowest BCUT2D eigenvalue weighted by atomic mass is 10.1. The van der Waals surface area contributed by atoms with E-state index in [4.69, 9.17) is 0 Å². The second-order valence-corrected chi connectivity index (χ2v) is 5.60. The Hall–Kier alpha value is -2.13. The zero-order valence-corrected chi connectivity index (χ0v) is 12.1. The Bertz CT molecular complexity index is 692. The molecule has 2 aromatic rings. The van der Waals surface area contributed by atoms with Crippen LogP contribution in [-0.2, 0) is 19.4 Å². The summed E-state index contributed by atoms with van der Waals surface area (Å²) in [7, 11) is 0. The van der Waals surface area contributed by atoms with Gasteiger partial charge in [-0.25, -0.2) is 0 Å². The first kappa shape index (κ1) is 13.8. The van der Waals surface area contributed by atoms with Crippen LogP contribution in [0.15, 0.2) is 36.4 Å². The number of fused-ring (bicyclic) bond motifs is 1. The lowest BCUT2D eigenvalue weighted by Crippen LogP contribution is -2.13. The lowest BCUT2D eigenvalue weighted by molar-refractivity contribution is 0.102. The van der Waals surface area contributed by atoms with E-state index < -0.39 is 0 Å². The van der Waals surface area contributed by atoms with Gasteiger partial charge in [0.05, 0.1) is 6.61 Å². The highest BCUT2D eigenvalue weighted by atomic mass is 16.3. The Morgan fingerprint density at radius 2 is 1.95 bits per heavy atom. The quantitative estimate of drug-likeness (QED) is 0.907. The number of hydrogen-bond acceptors (Lipinski definition) is 2. The Balaban J connectivity index is 1.83. The first-order valence-electron chi connectivity index (χ1n) is 7.31. The summed E-state index contributed by atoms with van der Waals surface area (Å²) in [6.07, 6.45) is 3.36. The molecule has 1 aliphatic rings. The van der Waals surface area contributed by atoms with E-state index in [0.717, 1.165) is 29.7 Å². The van der Waals surface area contributed by atoms with Crippen molar-refractivity contribution in [2.45, 2.75) is 32.8 Å². The minimum Gasteiger partial charge on any atom is -0.392 e. The molecule has 0 aliphatic heterocycles. The lowest BCUT2D eigenvalue weighted by Gasteiger charge is -2.11. The average molecular weight is 281 g/mol. The smallest absolute Gasteiger partial charge is 0.255 e. The third kappa shape index (κ3) is 2.83. The van der Waals surface area contributed by atoms with Gasteiger partial charge >= 0.3 is 0 Å². The largest absolute Gasteiger partial charge is 0.392 e. The molecule has 0 heterocycles. The van der Waals surface area contributed by atoms with Crippen LogP contribution in [0.1, 0.15) is 39.0 Å². The molecule has 2 N–H and O–H groups in total. The number of carbonyl (C=O) groups excluding carboxylic acids is 1. The molecule has 0 aromatic heterocycles. The molecule has 0 unspecified atom stereocenters. The normalized spacial score (nSPS) is 13.0. The standard InChI is InChI=1S/C18H19NO2/c1-12-5-6-13(11-20)9-17(12)19-18(21)16-8-7-14-3-2-4-15(14)10-16/h5-10,20H,2-4,11H2,1H3,(H,19,21). The fourth-order valence-corrected chi connectivity index (χ4v) is 2.81. The summed E-state index contributed by atoms with van der Waals surface area (Å²) in [5.74, 6) is -0.0945. The van der Waals surface area contributed by atoms with Crippen molar-refractivity contribution in [3.05, 3.63) is 64.2 Å². The molecule has 21 heavy (non-hydrogen) atoms. The molecule has 1 amide bonds. The van der Waals surface area contributed by atoms with Gasteiger partial charge in [0.15, 0.2) is 0 Å². The van der Waals surface area contributed by atoms with Crippen molar-refractivity contribution in [3.63, 3.8) is 0 Å². The Kier molecular flexibility index (Phi) is 3.76. The van der Waals surface area contributed by atoms with Crippen molar-refractivity contribution in [1.29, 1.82) is 0 Å². The number of aliphatic hydroxyl groups is 1. The van der Waals surface area contributed by atoms with Gasteiger partial charge in [0.25, 0.3) is 5.91 Å². The summed E-state index contributed by atoms with van der Waals surface area (Å²) in [5, 5.41) is 12.1. The van der Waals surface area contributed by atoms with Crippen molar-refractivity contribution >= 4 is 11.6 Å². The first-order valence-corrected chi connectivity index (χ1v) is 7.31. The topological polar surface area (TPSA) is 49.3 Å². The number of rotatable bonds is 3. The SMILES string of the molecule is Cc1ccc(CO)cc1NC(=O)c1ccc2c(c1)CCC2. The van der Waals surface area contributed by atoms with Gasteiger partial charge in [0.1, 0.15) is 0 Å². The van der Waals surface area contributed by atoms with Crippen LogP contribution in [0.25, 0.3) is 0 Å². The molecule has 0 saturated heterocycles. The van der Waals surface area contributed by atoms with E-state index in [2.05, 4.69) is 11.4 Å².